The number of anilines is 1. The molecule has 1 fully saturated rings. The fourth-order valence-corrected chi connectivity index (χ4v) is 3.34. The zero-order valence-electron chi connectivity index (χ0n) is 10.7. The summed E-state index contributed by atoms with van der Waals surface area (Å²) < 4.78 is 5.50. The van der Waals surface area contributed by atoms with Crippen LogP contribution in [-0.4, -0.2) is 29.2 Å². The number of nitrogens with zero attached hydrogens (tertiary/aromatic N) is 2. The lowest BCUT2D eigenvalue weighted by Gasteiger charge is -2.23. The highest BCUT2D eigenvalue weighted by molar-refractivity contribution is 7.18. The number of thiophene rings is 1. The normalized spacial score (nSPS) is 20.2. The molecule has 1 saturated heterocycles. The molecule has 3 rings (SSSR count). The van der Waals surface area contributed by atoms with E-state index in [9.17, 15) is 0 Å². The first kappa shape index (κ1) is 11.9. The molecular formula is C13H17N3OS. The topological polar surface area (TPSA) is 47.0 Å². The Morgan fingerprint density at radius 3 is 3.06 bits per heavy atom. The Morgan fingerprint density at radius 2 is 2.28 bits per heavy atom. The number of hydrogen-bond donors (Lipinski definition) is 1. The van der Waals surface area contributed by atoms with E-state index in [1.54, 1.807) is 17.7 Å². The van der Waals surface area contributed by atoms with Crippen molar-refractivity contribution in [3.05, 3.63) is 16.8 Å². The summed E-state index contributed by atoms with van der Waals surface area (Å²) in [5, 5.41) is 4.68. The fourth-order valence-electron chi connectivity index (χ4n) is 2.34. The van der Waals surface area contributed by atoms with Crippen LogP contribution in [0.5, 0.6) is 0 Å². The average Bonchev–Trinajstić information content (AvgIpc) is 2.67. The van der Waals surface area contributed by atoms with Gasteiger partial charge in [0, 0.05) is 11.5 Å². The number of nitrogens with one attached hydrogen (secondary N) is 1. The quantitative estimate of drug-likeness (QED) is 0.905. The maximum Gasteiger partial charge on any atom is 0.138 e. The van der Waals surface area contributed by atoms with Gasteiger partial charge in [0.15, 0.2) is 0 Å². The molecule has 18 heavy (non-hydrogen) atoms. The third kappa shape index (κ3) is 2.08. The van der Waals surface area contributed by atoms with E-state index in [-0.39, 0.29) is 0 Å². The van der Waals surface area contributed by atoms with Crippen LogP contribution in [0.2, 0.25) is 0 Å². The second-order valence-electron chi connectivity index (χ2n) is 4.74. The average molecular weight is 263 g/mol. The molecule has 2 aromatic heterocycles. The van der Waals surface area contributed by atoms with Crippen molar-refractivity contribution in [2.75, 3.05) is 18.5 Å². The smallest absolute Gasteiger partial charge is 0.138 e. The van der Waals surface area contributed by atoms with Gasteiger partial charge in [0.05, 0.1) is 18.0 Å². The molecule has 0 aliphatic carbocycles. The highest BCUT2D eigenvalue weighted by Crippen LogP contribution is 2.33. The van der Waals surface area contributed by atoms with Crippen LogP contribution in [0.1, 0.15) is 23.3 Å². The first-order chi connectivity index (χ1) is 8.75. The van der Waals surface area contributed by atoms with Crippen LogP contribution in [0.25, 0.3) is 10.2 Å². The summed E-state index contributed by atoms with van der Waals surface area (Å²) in [6.07, 6.45) is 3.91. The van der Waals surface area contributed by atoms with E-state index in [0.717, 1.165) is 36.7 Å². The summed E-state index contributed by atoms with van der Waals surface area (Å²) in [5.41, 5.74) is 1.29. The van der Waals surface area contributed by atoms with Crippen LogP contribution < -0.4 is 5.32 Å². The Bertz CT molecular complexity index is 561. The van der Waals surface area contributed by atoms with Gasteiger partial charge in [-0.15, -0.1) is 11.3 Å². The van der Waals surface area contributed by atoms with E-state index in [2.05, 4.69) is 29.1 Å². The monoisotopic (exact) mass is 263 g/mol. The van der Waals surface area contributed by atoms with E-state index in [1.165, 1.54) is 15.8 Å². The first-order valence-electron chi connectivity index (χ1n) is 6.30. The molecule has 0 radical (unpaired) electrons. The Balaban J connectivity index is 1.95. The number of ether oxygens (including phenoxy) is 1. The molecule has 1 unspecified atom stereocenters. The predicted molar refractivity (Wildman–Crippen MR) is 74.4 cm³/mol. The van der Waals surface area contributed by atoms with Crippen molar-refractivity contribution >= 4 is 27.4 Å². The van der Waals surface area contributed by atoms with Crippen LogP contribution in [-0.2, 0) is 4.74 Å². The van der Waals surface area contributed by atoms with Gasteiger partial charge in [-0.3, -0.25) is 0 Å². The van der Waals surface area contributed by atoms with Gasteiger partial charge in [0.1, 0.15) is 17.0 Å². The lowest BCUT2D eigenvalue weighted by molar-refractivity contribution is 0.0875. The van der Waals surface area contributed by atoms with E-state index in [0.29, 0.717) is 6.04 Å². The van der Waals surface area contributed by atoms with Crippen molar-refractivity contribution in [3.8, 4) is 0 Å². The molecule has 2 aromatic rings. The van der Waals surface area contributed by atoms with Crippen molar-refractivity contribution < 1.29 is 4.74 Å². The molecule has 5 heteroatoms. The number of aryl methyl sites for hydroxylation is 2. The molecule has 0 saturated carbocycles. The zero-order chi connectivity index (χ0) is 12.5. The third-order valence-corrected chi connectivity index (χ3v) is 4.58. The summed E-state index contributed by atoms with van der Waals surface area (Å²) >= 11 is 1.73. The molecular weight excluding hydrogens is 246 g/mol. The largest absolute Gasteiger partial charge is 0.379 e. The van der Waals surface area contributed by atoms with Crippen LogP contribution in [0.4, 0.5) is 5.82 Å². The third-order valence-electron chi connectivity index (χ3n) is 3.47. The van der Waals surface area contributed by atoms with E-state index in [1.807, 2.05) is 0 Å². The van der Waals surface area contributed by atoms with Gasteiger partial charge >= 0.3 is 0 Å². The molecule has 0 amide bonds. The van der Waals surface area contributed by atoms with Crippen LogP contribution in [0.15, 0.2) is 6.33 Å². The summed E-state index contributed by atoms with van der Waals surface area (Å²) in [4.78, 5) is 11.1. The van der Waals surface area contributed by atoms with E-state index in [4.69, 9.17) is 4.74 Å². The summed E-state index contributed by atoms with van der Waals surface area (Å²) in [5.74, 6) is 0.956. The Morgan fingerprint density at radius 1 is 1.39 bits per heavy atom. The molecule has 3 heterocycles. The van der Waals surface area contributed by atoms with E-state index < -0.39 is 0 Å². The van der Waals surface area contributed by atoms with Crippen LogP contribution in [0, 0.1) is 13.8 Å². The molecule has 4 nitrogen and oxygen atoms in total. The predicted octanol–water partition coefficient (Wildman–Crippen LogP) is 2.90. The summed E-state index contributed by atoms with van der Waals surface area (Å²) in [6.45, 7) is 5.93. The molecule has 96 valence electrons. The molecule has 0 aromatic carbocycles. The van der Waals surface area contributed by atoms with Gasteiger partial charge in [0.25, 0.3) is 0 Å². The van der Waals surface area contributed by atoms with Crippen LogP contribution in [0.3, 0.4) is 0 Å². The van der Waals surface area contributed by atoms with Gasteiger partial charge in [-0.05, 0) is 32.3 Å². The molecule has 1 aliphatic heterocycles. The number of hydrogen-bond acceptors (Lipinski definition) is 5. The number of rotatable bonds is 2. The SMILES string of the molecule is Cc1sc2ncnc(NC3CCCOC3)c2c1C. The van der Waals surface area contributed by atoms with Gasteiger partial charge in [-0.25, -0.2) is 9.97 Å². The fraction of sp³-hybridized carbons (Fsp3) is 0.538. The molecule has 0 spiro atoms. The van der Waals surface area contributed by atoms with Crippen LogP contribution >= 0.6 is 11.3 Å². The van der Waals surface area contributed by atoms with Gasteiger partial charge in [0.2, 0.25) is 0 Å². The molecule has 1 N–H and O–H groups in total. The highest BCUT2D eigenvalue weighted by Gasteiger charge is 2.17. The van der Waals surface area contributed by atoms with Crippen molar-refractivity contribution in [2.24, 2.45) is 0 Å². The minimum Gasteiger partial charge on any atom is -0.379 e. The minimum atomic E-state index is 0.372. The summed E-state index contributed by atoms with van der Waals surface area (Å²) in [6, 6.07) is 0.372. The van der Waals surface area contributed by atoms with Gasteiger partial charge < -0.3 is 10.1 Å². The maximum absolute atomic E-state index is 5.50. The molecule has 0 bridgehead atoms. The van der Waals surface area contributed by atoms with E-state index >= 15 is 0 Å². The lowest BCUT2D eigenvalue weighted by atomic mass is 10.1. The highest BCUT2D eigenvalue weighted by atomic mass is 32.1. The van der Waals surface area contributed by atoms with Gasteiger partial charge in [-0.2, -0.15) is 0 Å². The van der Waals surface area contributed by atoms with Crippen molar-refractivity contribution in [1.29, 1.82) is 0 Å². The summed E-state index contributed by atoms with van der Waals surface area (Å²) in [7, 11) is 0. The second-order valence-corrected chi connectivity index (χ2v) is 5.95. The number of aromatic nitrogens is 2. The van der Waals surface area contributed by atoms with Gasteiger partial charge in [-0.1, -0.05) is 0 Å². The number of fused-ring (bicyclic) bond motifs is 1. The zero-order valence-corrected chi connectivity index (χ0v) is 11.5. The minimum absolute atomic E-state index is 0.372. The standard InChI is InChI=1S/C13H17N3OS/c1-8-9(2)18-13-11(8)12(14-7-15-13)16-10-4-3-5-17-6-10/h7,10H,3-6H2,1-2H3,(H,14,15,16). The Labute approximate surface area is 110 Å². The Hall–Kier alpha value is -1.20. The maximum atomic E-state index is 5.50. The van der Waals surface area contributed by atoms with Crippen molar-refractivity contribution in [3.63, 3.8) is 0 Å². The molecule has 1 aliphatic rings. The second kappa shape index (κ2) is 4.82. The Kier molecular flexibility index (Phi) is 3.18. The van der Waals surface area contributed by atoms with Crippen molar-refractivity contribution in [1.82, 2.24) is 9.97 Å². The first-order valence-corrected chi connectivity index (χ1v) is 7.12. The lowest BCUT2D eigenvalue weighted by Crippen LogP contribution is -2.30. The van der Waals surface area contributed by atoms with Crippen molar-refractivity contribution in [2.45, 2.75) is 32.7 Å². The molecule has 1 atom stereocenters.